The molecular weight excluding hydrogens is 524 g/mol. The van der Waals surface area contributed by atoms with Crippen molar-refractivity contribution >= 4 is 73.3 Å². The Labute approximate surface area is 209 Å². The average Bonchev–Trinajstić information content (AvgIpc) is 3.20. The van der Waals surface area contributed by atoms with E-state index in [-0.39, 0.29) is 18.2 Å². The lowest BCUT2D eigenvalue weighted by atomic mass is 10.1. The molecule has 0 unspecified atom stereocenters. The van der Waals surface area contributed by atoms with Crippen LogP contribution in [0.3, 0.4) is 0 Å². The molecule has 9 heteroatoms. The number of fused-ring (bicyclic) bond motifs is 1. The predicted molar refractivity (Wildman–Crippen MR) is 137 cm³/mol. The summed E-state index contributed by atoms with van der Waals surface area (Å²) >= 11 is 10.1. The molecule has 0 atom stereocenters. The number of amides is 2. The van der Waals surface area contributed by atoms with Crippen LogP contribution in [-0.4, -0.2) is 38.7 Å². The lowest BCUT2D eigenvalue weighted by molar-refractivity contribution is -0.137. The number of carbonyl (C=O) groups is 3. The van der Waals surface area contributed by atoms with E-state index in [1.807, 2.05) is 48.5 Å². The second-order valence-corrected chi connectivity index (χ2v) is 10.3. The molecule has 6 nitrogen and oxygen atoms in total. The number of thiocarbonyl (C=S) groups is 1. The predicted octanol–water partition coefficient (Wildman–Crippen LogP) is 5.21. The summed E-state index contributed by atoms with van der Waals surface area (Å²) in [5.74, 6) is -1.30. The number of hydrogen-bond acceptors (Lipinski definition) is 5. The van der Waals surface area contributed by atoms with Crippen molar-refractivity contribution < 1.29 is 19.5 Å². The highest BCUT2D eigenvalue weighted by molar-refractivity contribution is 9.10. The van der Waals surface area contributed by atoms with Gasteiger partial charge in [-0.05, 0) is 36.6 Å². The Kier molecular flexibility index (Phi) is 7.31. The molecule has 170 valence electrons. The highest BCUT2D eigenvalue weighted by Gasteiger charge is 2.41. The van der Waals surface area contributed by atoms with Gasteiger partial charge in [0, 0.05) is 23.0 Å². The second kappa shape index (κ2) is 10.2. The van der Waals surface area contributed by atoms with Gasteiger partial charge in [-0.2, -0.15) is 0 Å². The van der Waals surface area contributed by atoms with Gasteiger partial charge >= 0.3 is 5.97 Å². The maximum absolute atomic E-state index is 13.6. The Morgan fingerprint density at radius 3 is 2.48 bits per heavy atom. The standard InChI is InChI=1S/C24H21BrN2O4S2/c25-16-10-11-18-17(13-16)20(22(30)27(18)14-15-7-3-1-4-8-15)21-23(31)26(24(32)33-21)12-6-2-5-9-19(28)29/h1,3-4,7-8,10-11,13H,2,5-6,9,12,14H2,(H,28,29). The molecule has 33 heavy (non-hydrogen) atoms. The van der Waals surface area contributed by atoms with Crippen LogP contribution in [0.15, 0.2) is 57.9 Å². The lowest BCUT2D eigenvalue weighted by Crippen LogP contribution is -2.30. The van der Waals surface area contributed by atoms with Crippen LogP contribution in [0.25, 0.3) is 5.57 Å². The van der Waals surface area contributed by atoms with E-state index in [1.54, 1.807) is 4.90 Å². The zero-order valence-electron chi connectivity index (χ0n) is 17.6. The minimum Gasteiger partial charge on any atom is -0.481 e. The van der Waals surface area contributed by atoms with E-state index in [2.05, 4.69) is 15.9 Å². The molecule has 2 aromatic rings. The van der Waals surface area contributed by atoms with Crippen molar-refractivity contribution in [2.45, 2.75) is 32.2 Å². The Morgan fingerprint density at radius 1 is 1.00 bits per heavy atom. The van der Waals surface area contributed by atoms with E-state index in [0.29, 0.717) is 52.7 Å². The first-order valence-electron chi connectivity index (χ1n) is 10.5. The van der Waals surface area contributed by atoms with Crippen LogP contribution in [-0.2, 0) is 20.9 Å². The van der Waals surface area contributed by atoms with Gasteiger partial charge in [0.1, 0.15) is 4.32 Å². The van der Waals surface area contributed by atoms with Crippen LogP contribution in [0.2, 0.25) is 0 Å². The van der Waals surface area contributed by atoms with Gasteiger partial charge in [-0.3, -0.25) is 19.3 Å². The lowest BCUT2D eigenvalue weighted by Gasteiger charge is -2.17. The number of hydrogen-bond donors (Lipinski definition) is 1. The number of halogens is 1. The normalized spacial score (nSPS) is 17.8. The fourth-order valence-corrected chi connectivity index (χ4v) is 5.65. The van der Waals surface area contributed by atoms with Crippen molar-refractivity contribution in [3.63, 3.8) is 0 Å². The number of carbonyl (C=O) groups excluding carboxylic acids is 2. The first kappa shape index (κ1) is 23.7. The smallest absolute Gasteiger partial charge is 0.303 e. The molecule has 2 amide bonds. The van der Waals surface area contributed by atoms with Crippen molar-refractivity contribution in [2.24, 2.45) is 0 Å². The largest absolute Gasteiger partial charge is 0.481 e. The van der Waals surface area contributed by atoms with E-state index in [9.17, 15) is 14.4 Å². The molecule has 1 saturated heterocycles. The number of carboxylic acids is 1. The van der Waals surface area contributed by atoms with E-state index in [4.69, 9.17) is 17.3 Å². The van der Waals surface area contributed by atoms with Crippen molar-refractivity contribution in [1.29, 1.82) is 0 Å². The Morgan fingerprint density at radius 2 is 1.76 bits per heavy atom. The van der Waals surface area contributed by atoms with Gasteiger partial charge < -0.3 is 10.0 Å². The third-order valence-corrected chi connectivity index (χ3v) is 7.45. The molecule has 0 radical (unpaired) electrons. The third kappa shape index (κ3) is 5.05. The molecule has 0 aromatic heterocycles. The van der Waals surface area contributed by atoms with Crippen LogP contribution < -0.4 is 4.90 Å². The van der Waals surface area contributed by atoms with Crippen LogP contribution in [0.1, 0.15) is 36.8 Å². The molecule has 0 aliphatic carbocycles. The summed E-state index contributed by atoms with van der Waals surface area (Å²) < 4.78 is 1.24. The highest BCUT2D eigenvalue weighted by atomic mass is 79.9. The molecule has 4 rings (SSSR count). The Hall–Kier alpha value is -2.49. The summed E-state index contributed by atoms with van der Waals surface area (Å²) in [6.45, 7) is 0.815. The number of unbranched alkanes of at least 4 members (excludes halogenated alkanes) is 2. The number of benzene rings is 2. The maximum atomic E-state index is 13.6. The first-order valence-corrected chi connectivity index (χ1v) is 12.5. The molecule has 0 bridgehead atoms. The highest BCUT2D eigenvalue weighted by Crippen LogP contribution is 2.46. The van der Waals surface area contributed by atoms with E-state index < -0.39 is 5.97 Å². The van der Waals surface area contributed by atoms with Gasteiger partial charge in [-0.1, -0.05) is 76.7 Å². The maximum Gasteiger partial charge on any atom is 0.303 e. The Bertz CT molecular complexity index is 1170. The summed E-state index contributed by atoms with van der Waals surface area (Å²) in [6.07, 6.45) is 2.01. The van der Waals surface area contributed by atoms with Crippen LogP contribution in [0, 0.1) is 0 Å². The summed E-state index contributed by atoms with van der Waals surface area (Å²) in [5.41, 5.74) is 2.86. The first-order chi connectivity index (χ1) is 15.9. The molecule has 2 aromatic carbocycles. The van der Waals surface area contributed by atoms with Gasteiger partial charge in [0.05, 0.1) is 22.7 Å². The number of carboxylic acid groups (broad SMARTS) is 1. The fourth-order valence-electron chi connectivity index (χ4n) is 3.91. The van der Waals surface area contributed by atoms with Gasteiger partial charge in [0.25, 0.3) is 11.8 Å². The minimum atomic E-state index is -0.824. The molecule has 1 fully saturated rings. The van der Waals surface area contributed by atoms with Crippen molar-refractivity contribution in [3.8, 4) is 0 Å². The quantitative estimate of drug-likeness (QED) is 0.279. The summed E-state index contributed by atoms with van der Waals surface area (Å²) in [7, 11) is 0. The number of rotatable bonds is 8. The summed E-state index contributed by atoms with van der Waals surface area (Å²) in [6, 6.07) is 15.4. The molecule has 1 N–H and O–H groups in total. The SMILES string of the molecule is O=C(O)CCCCCN1C(=O)C(=C2C(=O)N(Cc3ccccc3)c3ccc(Br)cc32)SC1=S. The Balaban J connectivity index is 1.60. The van der Waals surface area contributed by atoms with E-state index in [0.717, 1.165) is 27.5 Å². The summed E-state index contributed by atoms with van der Waals surface area (Å²) in [4.78, 5) is 41.1. The molecule has 0 spiro atoms. The number of aliphatic carboxylic acids is 1. The monoisotopic (exact) mass is 544 g/mol. The van der Waals surface area contributed by atoms with Gasteiger partial charge in [0.15, 0.2) is 0 Å². The van der Waals surface area contributed by atoms with Gasteiger partial charge in [-0.15, -0.1) is 0 Å². The summed E-state index contributed by atoms with van der Waals surface area (Å²) in [5, 5.41) is 8.77. The number of thioether (sulfide) groups is 1. The van der Waals surface area contributed by atoms with Crippen LogP contribution in [0.5, 0.6) is 0 Å². The van der Waals surface area contributed by atoms with Gasteiger partial charge in [0.2, 0.25) is 0 Å². The topological polar surface area (TPSA) is 77.9 Å². The second-order valence-electron chi connectivity index (χ2n) is 7.77. The fraction of sp³-hybridized carbons (Fsp3) is 0.250. The van der Waals surface area contributed by atoms with Crippen molar-refractivity contribution in [2.75, 3.05) is 11.4 Å². The van der Waals surface area contributed by atoms with Crippen LogP contribution in [0.4, 0.5) is 5.69 Å². The number of nitrogens with zero attached hydrogens (tertiary/aromatic N) is 2. The average molecular weight is 545 g/mol. The van der Waals surface area contributed by atoms with E-state index in [1.165, 1.54) is 4.90 Å². The number of anilines is 1. The minimum absolute atomic E-state index is 0.111. The van der Waals surface area contributed by atoms with Crippen LogP contribution >= 0.6 is 39.9 Å². The third-order valence-electron chi connectivity index (χ3n) is 5.51. The zero-order valence-corrected chi connectivity index (χ0v) is 20.8. The zero-order chi connectivity index (χ0) is 23.5. The molecule has 2 heterocycles. The van der Waals surface area contributed by atoms with Crippen molar-refractivity contribution in [1.82, 2.24) is 4.90 Å². The molecular formula is C24H21BrN2O4S2. The molecule has 2 aliphatic rings. The molecule has 2 aliphatic heterocycles. The van der Waals surface area contributed by atoms with E-state index >= 15 is 0 Å². The van der Waals surface area contributed by atoms with Gasteiger partial charge in [-0.25, -0.2) is 0 Å². The molecule has 0 saturated carbocycles. The van der Waals surface area contributed by atoms with Crippen molar-refractivity contribution in [3.05, 3.63) is 69.0 Å².